The van der Waals surface area contributed by atoms with E-state index in [-0.39, 0.29) is 5.91 Å². The molecule has 1 aromatic rings. The van der Waals surface area contributed by atoms with Gasteiger partial charge in [-0.25, -0.2) is 4.98 Å². The van der Waals surface area contributed by atoms with E-state index in [1.165, 1.54) is 6.20 Å². The number of aliphatic hydroxyl groups is 1. The molecule has 5 heteroatoms. The summed E-state index contributed by atoms with van der Waals surface area (Å²) in [5, 5.41) is 13.0. The lowest BCUT2D eigenvalue weighted by molar-refractivity contribution is -0.133. The first kappa shape index (κ1) is 11.4. The predicted octanol–water partition coefficient (Wildman–Crippen LogP) is 1.98. The standard InChI is InChI=1S/C11H13ClN2O2/c12-9-4-3-8(7-13-9)14-10(15)11(16)5-1-2-6-11/h3-4,7,16H,1-2,5-6H2,(H,14,15). The molecular formula is C11H13ClN2O2. The van der Waals surface area contributed by atoms with Gasteiger partial charge in [-0.15, -0.1) is 0 Å². The van der Waals surface area contributed by atoms with E-state index >= 15 is 0 Å². The van der Waals surface area contributed by atoms with Crippen LogP contribution in [0.15, 0.2) is 18.3 Å². The molecule has 1 aliphatic rings. The molecule has 1 aliphatic carbocycles. The molecule has 0 bridgehead atoms. The maximum Gasteiger partial charge on any atom is 0.256 e. The molecule has 86 valence electrons. The fraction of sp³-hybridized carbons (Fsp3) is 0.455. The molecule has 2 N–H and O–H groups in total. The summed E-state index contributed by atoms with van der Waals surface area (Å²) in [5.74, 6) is -0.353. The third-order valence-electron chi connectivity index (χ3n) is 2.84. The van der Waals surface area contributed by atoms with Gasteiger partial charge in [0.25, 0.3) is 5.91 Å². The first-order valence-corrected chi connectivity index (χ1v) is 5.63. The Balaban J connectivity index is 2.04. The monoisotopic (exact) mass is 240 g/mol. The van der Waals surface area contributed by atoms with Crippen LogP contribution in [0, 0.1) is 0 Å². The summed E-state index contributed by atoms with van der Waals surface area (Å²) in [6.45, 7) is 0. The van der Waals surface area contributed by atoms with Gasteiger partial charge in [-0.3, -0.25) is 4.79 Å². The summed E-state index contributed by atoms with van der Waals surface area (Å²) < 4.78 is 0. The van der Waals surface area contributed by atoms with Crippen LogP contribution in [0.3, 0.4) is 0 Å². The molecule has 16 heavy (non-hydrogen) atoms. The van der Waals surface area contributed by atoms with Crippen LogP contribution < -0.4 is 5.32 Å². The predicted molar refractivity (Wildman–Crippen MR) is 61.3 cm³/mol. The molecule has 1 heterocycles. The van der Waals surface area contributed by atoms with Crippen molar-refractivity contribution in [2.24, 2.45) is 0 Å². The van der Waals surface area contributed by atoms with E-state index in [4.69, 9.17) is 11.6 Å². The van der Waals surface area contributed by atoms with E-state index in [2.05, 4.69) is 10.3 Å². The summed E-state index contributed by atoms with van der Waals surface area (Å²) in [6.07, 6.45) is 4.31. The number of pyridine rings is 1. The van der Waals surface area contributed by atoms with Gasteiger partial charge in [0.15, 0.2) is 0 Å². The highest BCUT2D eigenvalue weighted by Gasteiger charge is 2.38. The second-order valence-corrected chi connectivity index (χ2v) is 4.45. The van der Waals surface area contributed by atoms with Crippen LogP contribution in [0.25, 0.3) is 0 Å². The number of hydrogen-bond donors (Lipinski definition) is 2. The van der Waals surface area contributed by atoms with Gasteiger partial charge >= 0.3 is 0 Å². The van der Waals surface area contributed by atoms with Gasteiger partial charge in [-0.05, 0) is 37.8 Å². The molecule has 4 nitrogen and oxygen atoms in total. The van der Waals surface area contributed by atoms with Gasteiger partial charge in [0.05, 0.1) is 11.9 Å². The number of nitrogens with one attached hydrogen (secondary N) is 1. The summed E-state index contributed by atoms with van der Waals surface area (Å²) in [4.78, 5) is 15.7. The van der Waals surface area contributed by atoms with E-state index in [0.29, 0.717) is 23.7 Å². The smallest absolute Gasteiger partial charge is 0.256 e. The third-order valence-corrected chi connectivity index (χ3v) is 3.06. The fourth-order valence-corrected chi connectivity index (χ4v) is 2.00. The average Bonchev–Trinajstić information content (AvgIpc) is 2.70. The number of amides is 1. The van der Waals surface area contributed by atoms with Gasteiger partial charge in [-0.2, -0.15) is 0 Å². The Hall–Kier alpha value is -1.13. The maximum atomic E-state index is 11.8. The van der Waals surface area contributed by atoms with Crippen molar-refractivity contribution in [3.05, 3.63) is 23.5 Å². The first-order valence-electron chi connectivity index (χ1n) is 5.25. The van der Waals surface area contributed by atoms with Crippen molar-refractivity contribution in [1.82, 2.24) is 4.98 Å². The average molecular weight is 241 g/mol. The van der Waals surface area contributed by atoms with Gasteiger partial charge in [0.1, 0.15) is 10.8 Å². The number of carbonyl (C=O) groups excluding carboxylic acids is 1. The SMILES string of the molecule is O=C(Nc1ccc(Cl)nc1)C1(O)CCCC1. The zero-order valence-electron chi connectivity index (χ0n) is 8.74. The van der Waals surface area contributed by atoms with Crippen LogP contribution in [-0.4, -0.2) is 21.6 Å². The highest BCUT2D eigenvalue weighted by molar-refractivity contribution is 6.29. The second-order valence-electron chi connectivity index (χ2n) is 4.06. The molecule has 0 saturated heterocycles. The minimum absolute atomic E-state index is 0.353. The number of anilines is 1. The minimum Gasteiger partial charge on any atom is -0.380 e. The number of carbonyl (C=O) groups is 1. The number of rotatable bonds is 2. The summed E-state index contributed by atoms with van der Waals surface area (Å²) in [5.41, 5.74) is -0.658. The molecule has 0 atom stereocenters. The summed E-state index contributed by atoms with van der Waals surface area (Å²) in [7, 11) is 0. The van der Waals surface area contributed by atoms with Crippen LogP contribution >= 0.6 is 11.6 Å². The molecule has 1 fully saturated rings. The molecular weight excluding hydrogens is 228 g/mol. The third kappa shape index (κ3) is 2.33. The van der Waals surface area contributed by atoms with Crippen LogP contribution in [-0.2, 0) is 4.79 Å². The highest BCUT2D eigenvalue weighted by atomic mass is 35.5. The summed E-state index contributed by atoms with van der Waals surface area (Å²) >= 11 is 5.63. The van der Waals surface area contributed by atoms with E-state index in [9.17, 15) is 9.90 Å². The fourth-order valence-electron chi connectivity index (χ4n) is 1.88. The highest BCUT2D eigenvalue weighted by Crippen LogP contribution is 2.30. The molecule has 2 rings (SSSR count). The molecule has 0 aromatic carbocycles. The topological polar surface area (TPSA) is 62.2 Å². The lowest BCUT2D eigenvalue weighted by Crippen LogP contribution is -2.40. The zero-order chi connectivity index (χ0) is 11.6. The Labute approximate surface area is 98.6 Å². The number of aromatic nitrogens is 1. The van der Waals surface area contributed by atoms with E-state index < -0.39 is 5.60 Å². The van der Waals surface area contributed by atoms with Gasteiger partial charge in [-0.1, -0.05) is 11.6 Å². The van der Waals surface area contributed by atoms with E-state index in [0.717, 1.165) is 12.8 Å². The van der Waals surface area contributed by atoms with Crippen molar-refractivity contribution in [3.63, 3.8) is 0 Å². The molecule has 0 spiro atoms. The van der Waals surface area contributed by atoms with Gasteiger partial charge in [0.2, 0.25) is 0 Å². The minimum atomic E-state index is -1.21. The maximum absolute atomic E-state index is 11.8. The molecule has 0 unspecified atom stereocenters. The van der Waals surface area contributed by atoms with Crippen molar-refractivity contribution in [2.75, 3.05) is 5.32 Å². The van der Waals surface area contributed by atoms with Crippen LogP contribution in [0.2, 0.25) is 5.15 Å². The Morgan fingerprint density at radius 3 is 2.69 bits per heavy atom. The lowest BCUT2D eigenvalue weighted by atomic mass is 10.0. The Morgan fingerprint density at radius 1 is 1.44 bits per heavy atom. The Bertz CT molecular complexity index is 385. The van der Waals surface area contributed by atoms with Crippen LogP contribution in [0.4, 0.5) is 5.69 Å². The van der Waals surface area contributed by atoms with Gasteiger partial charge in [0, 0.05) is 0 Å². The molecule has 1 aromatic heterocycles. The lowest BCUT2D eigenvalue weighted by Gasteiger charge is -2.20. The molecule has 0 aliphatic heterocycles. The quantitative estimate of drug-likeness (QED) is 0.777. The normalized spacial score (nSPS) is 18.4. The van der Waals surface area contributed by atoms with E-state index in [1.807, 2.05) is 0 Å². The molecule has 0 radical (unpaired) electrons. The molecule has 1 saturated carbocycles. The number of hydrogen-bond acceptors (Lipinski definition) is 3. The first-order chi connectivity index (χ1) is 7.60. The van der Waals surface area contributed by atoms with Crippen molar-refractivity contribution in [3.8, 4) is 0 Å². The van der Waals surface area contributed by atoms with E-state index in [1.54, 1.807) is 12.1 Å². The van der Waals surface area contributed by atoms with Crippen molar-refractivity contribution in [1.29, 1.82) is 0 Å². The number of halogens is 1. The second kappa shape index (κ2) is 4.39. The Kier molecular flexibility index (Phi) is 3.12. The van der Waals surface area contributed by atoms with Crippen LogP contribution in [0.1, 0.15) is 25.7 Å². The van der Waals surface area contributed by atoms with Crippen molar-refractivity contribution in [2.45, 2.75) is 31.3 Å². The summed E-state index contributed by atoms with van der Waals surface area (Å²) in [6, 6.07) is 3.25. The largest absolute Gasteiger partial charge is 0.380 e. The van der Waals surface area contributed by atoms with Gasteiger partial charge < -0.3 is 10.4 Å². The van der Waals surface area contributed by atoms with Crippen LogP contribution in [0.5, 0.6) is 0 Å². The number of nitrogens with zero attached hydrogens (tertiary/aromatic N) is 1. The zero-order valence-corrected chi connectivity index (χ0v) is 9.50. The Morgan fingerprint density at radius 2 is 2.12 bits per heavy atom. The van der Waals surface area contributed by atoms with Crippen molar-refractivity contribution >= 4 is 23.2 Å². The molecule has 1 amide bonds. The van der Waals surface area contributed by atoms with Crippen molar-refractivity contribution < 1.29 is 9.90 Å².